The highest BCUT2D eigenvalue weighted by Gasteiger charge is 2.14. The van der Waals surface area contributed by atoms with Gasteiger partial charge in [0.05, 0.1) is 11.6 Å². The maximum absolute atomic E-state index is 8.57. The fraction of sp³-hybridized carbons (Fsp3) is 0.0357. The SMILES string of the molecule is C=C(C#N)c1cccc(CCl)c1.c1ccc(P(c2ccccc2)c2ccccc2)cc1. The van der Waals surface area contributed by atoms with Crippen molar-refractivity contribution in [3.8, 4) is 6.07 Å². The third-order valence-electron chi connectivity index (χ3n) is 4.61. The summed E-state index contributed by atoms with van der Waals surface area (Å²) in [5.74, 6) is 0.465. The topological polar surface area (TPSA) is 23.8 Å². The molecule has 0 aliphatic rings. The van der Waals surface area contributed by atoms with E-state index in [4.69, 9.17) is 16.9 Å². The average molecular weight is 440 g/mol. The molecule has 0 radical (unpaired) electrons. The van der Waals surface area contributed by atoms with E-state index in [9.17, 15) is 0 Å². The maximum Gasteiger partial charge on any atom is 0.0991 e. The molecule has 0 N–H and O–H groups in total. The number of benzene rings is 4. The number of nitriles is 1. The van der Waals surface area contributed by atoms with Gasteiger partial charge in [0.15, 0.2) is 0 Å². The summed E-state index contributed by atoms with van der Waals surface area (Å²) in [5, 5.41) is 12.8. The van der Waals surface area contributed by atoms with Gasteiger partial charge in [-0.3, -0.25) is 0 Å². The molecule has 152 valence electrons. The van der Waals surface area contributed by atoms with Gasteiger partial charge in [-0.05, 0) is 41.0 Å². The fourth-order valence-electron chi connectivity index (χ4n) is 3.09. The second-order valence-corrected chi connectivity index (χ2v) is 9.25. The molecule has 0 unspecified atom stereocenters. The highest BCUT2D eigenvalue weighted by atomic mass is 35.5. The van der Waals surface area contributed by atoms with E-state index in [1.807, 2.05) is 30.3 Å². The smallest absolute Gasteiger partial charge is 0.0991 e. The van der Waals surface area contributed by atoms with Gasteiger partial charge in [-0.15, -0.1) is 11.6 Å². The molecule has 0 fully saturated rings. The summed E-state index contributed by atoms with van der Waals surface area (Å²) in [6.07, 6.45) is 0. The Morgan fingerprint density at radius 2 is 1.16 bits per heavy atom. The summed E-state index contributed by atoms with van der Waals surface area (Å²) in [6, 6.07) is 41.8. The molecule has 0 amide bonds. The van der Waals surface area contributed by atoms with E-state index in [1.165, 1.54) is 15.9 Å². The predicted molar refractivity (Wildman–Crippen MR) is 136 cm³/mol. The molecule has 4 aromatic carbocycles. The molecule has 4 aromatic rings. The van der Waals surface area contributed by atoms with E-state index < -0.39 is 7.92 Å². The van der Waals surface area contributed by atoms with Gasteiger partial charge >= 0.3 is 0 Å². The molecule has 0 aromatic heterocycles. The van der Waals surface area contributed by atoms with Crippen molar-refractivity contribution in [2.24, 2.45) is 0 Å². The highest BCUT2D eigenvalue weighted by Crippen LogP contribution is 2.32. The molecule has 1 nitrogen and oxygen atoms in total. The van der Waals surface area contributed by atoms with Gasteiger partial charge in [0.1, 0.15) is 0 Å². The number of nitrogens with zero attached hydrogens (tertiary/aromatic N) is 1. The second-order valence-electron chi connectivity index (χ2n) is 6.77. The van der Waals surface area contributed by atoms with Crippen molar-refractivity contribution in [1.29, 1.82) is 5.26 Å². The van der Waals surface area contributed by atoms with E-state index in [1.54, 1.807) is 0 Å². The Balaban J connectivity index is 0.000000196. The van der Waals surface area contributed by atoms with E-state index in [2.05, 4.69) is 97.6 Å². The van der Waals surface area contributed by atoms with Crippen LogP contribution < -0.4 is 15.9 Å². The third kappa shape index (κ3) is 6.40. The largest absolute Gasteiger partial charge is 0.192 e. The van der Waals surface area contributed by atoms with Crippen LogP contribution in [-0.4, -0.2) is 0 Å². The van der Waals surface area contributed by atoms with E-state index in [0.717, 1.165) is 11.1 Å². The summed E-state index contributed by atoms with van der Waals surface area (Å²) in [7, 11) is -0.446. The van der Waals surface area contributed by atoms with Crippen LogP contribution in [0.4, 0.5) is 0 Å². The van der Waals surface area contributed by atoms with Crippen LogP contribution in [-0.2, 0) is 5.88 Å². The molecule has 31 heavy (non-hydrogen) atoms. The Morgan fingerprint density at radius 3 is 1.55 bits per heavy atom. The Bertz CT molecular complexity index is 1040. The fourth-order valence-corrected chi connectivity index (χ4v) is 5.56. The standard InChI is InChI=1S/C18H15P.C10H8ClN/c1-4-10-16(11-5-1)19(17-12-6-2-7-13-17)18-14-8-3-9-15-18;1-8(7-12)10-4-2-3-9(5-10)6-11/h1-15H;2-5H,1,6H2. The summed E-state index contributed by atoms with van der Waals surface area (Å²) in [5.41, 5.74) is 2.32. The van der Waals surface area contributed by atoms with E-state index in [0.29, 0.717) is 11.5 Å². The first-order valence-corrected chi connectivity index (χ1v) is 11.8. The maximum atomic E-state index is 8.57. The quantitative estimate of drug-likeness (QED) is 0.200. The summed E-state index contributed by atoms with van der Waals surface area (Å²) >= 11 is 5.63. The normalized spacial score (nSPS) is 9.97. The van der Waals surface area contributed by atoms with Crippen molar-refractivity contribution < 1.29 is 0 Å². The summed E-state index contributed by atoms with van der Waals surface area (Å²) in [4.78, 5) is 0. The van der Waals surface area contributed by atoms with Crippen LogP contribution in [0.25, 0.3) is 5.57 Å². The minimum absolute atomic E-state index is 0.446. The highest BCUT2D eigenvalue weighted by molar-refractivity contribution is 7.79. The lowest BCUT2D eigenvalue weighted by molar-refractivity contribution is 1.39. The van der Waals surface area contributed by atoms with Crippen molar-refractivity contribution in [2.45, 2.75) is 5.88 Å². The lowest BCUT2D eigenvalue weighted by Crippen LogP contribution is -2.20. The van der Waals surface area contributed by atoms with Gasteiger partial charge in [0.2, 0.25) is 0 Å². The van der Waals surface area contributed by atoms with Gasteiger partial charge in [0, 0.05) is 5.88 Å². The molecule has 0 saturated heterocycles. The minimum atomic E-state index is -0.446. The van der Waals surface area contributed by atoms with Crippen molar-refractivity contribution in [2.75, 3.05) is 0 Å². The van der Waals surface area contributed by atoms with E-state index >= 15 is 0 Å². The first-order valence-electron chi connectivity index (χ1n) is 9.92. The molecule has 0 saturated carbocycles. The van der Waals surface area contributed by atoms with Crippen molar-refractivity contribution in [3.05, 3.63) is 133 Å². The molecule has 0 atom stereocenters. The number of halogens is 1. The van der Waals surface area contributed by atoms with Crippen molar-refractivity contribution >= 4 is 41.0 Å². The molecule has 0 heterocycles. The summed E-state index contributed by atoms with van der Waals surface area (Å²) < 4.78 is 0. The Kier molecular flexibility index (Phi) is 8.62. The molecule has 3 heteroatoms. The zero-order chi connectivity index (χ0) is 21.9. The van der Waals surface area contributed by atoms with Crippen LogP contribution in [0, 0.1) is 11.3 Å². The average Bonchev–Trinajstić information content (AvgIpc) is 2.86. The first kappa shape index (κ1) is 22.5. The number of hydrogen-bond donors (Lipinski definition) is 0. The van der Waals surface area contributed by atoms with Gasteiger partial charge < -0.3 is 0 Å². The van der Waals surface area contributed by atoms with Gasteiger partial charge in [-0.2, -0.15) is 5.26 Å². The van der Waals surface area contributed by atoms with Gasteiger partial charge in [-0.1, -0.05) is 116 Å². The number of rotatable bonds is 5. The number of alkyl halides is 1. The molecule has 0 spiro atoms. The van der Waals surface area contributed by atoms with Crippen LogP contribution >= 0.6 is 19.5 Å². The first-order chi connectivity index (χ1) is 15.2. The second kappa shape index (κ2) is 11.9. The summed E-state index contributed by atoms with van der Waals surface area (Å²) in [6.45, 7) is 3.61. The molecule has 4 rings (SSSR count). The third-order valence-corrected chi connectivity index (χ3v) is 7.36. The molecule has 0 aliphatic heterocycles. The van der Waals surface area contributed by atoms with Crippen LogP contribution in [0.2, 0.25) is 0 Å². The van der Waals surface area contributed by atoms with Crippen LogP contribution in [0.5, 0.6) is 0 Å². The Labute approximate surface area is 191 Å². The molecule has 0 aliphatic carbocycles. The van der Waals surface area contributed by atoms with Gasteiger partial charge in [-0.25, -0.2) is 0 Å². The molecule has 0 bridgehead atoms. The van der Waals surface area contributed by atoms with Crippen LogP contribution in [0.3, 0.4) is 0 Å². The lowest BCUT2D eigenvalue weighted by atomic mass is 10.1. The predicted octanol–water partition coefficient (Wildman–Crippen LogP) is 6.41. The lowest BCUT2D eigenvalue weighted by Gasteiger charge is -2.18. The van der Waals surface area contributed by atoms with Crippen LogP contribution in [0.15, 0.2) is 122 Å². The monoisotopic (exact) mass is 439 g/mol. The van der Waals surface area contributed by atoms with Crippen molar-refractivity contribution in [1.82, 2.24) is 0 Å². The Hall–Kier alpha value is -3.17. The van der Waals surface area contributed by atoms with E-state index in [-0.39, 0.29) is 0 Å². The zero-order valence-electron chi connectivity index (χ0n) is 17.2. The van der Waals surface area contributed by atoms with Gasteiger partial charge in [0.25, 0.3) is 0 Å². The zero-order valence-corrected chi connectivity index (χ0v) is 18.8. The van der Waals surface area contributed by atoms with Crippen LogP contribution in [0.1, 0.15) is 11.1 Å². The number of allylic oxidation sites excluding steroid dienone is 1. The van der Waals surface area contributed by atoms with Crippen molar-refractivity contribution in [3.63, 3.8) is 0 Å². The Morgan fingerprint density at radius 1 is 0.710 bits per heavy atom. The molecular formula is C28H23ClNP. The number of hydrogen-bond acceptors (Lipinski definition) is 1. The molecular weight excluding hydrogens is 417 g/mol. The minimum Gasteiger partial charge on any atom is -0.192 e.